The van der Waals surface area contributed by atoms with E-state index in [0.29, 0.717) is 12.2 Å². The van der Waals surface area contributed by atoms with E-state index in [-0.39, 0.29) is 28.2 Å². The van der Waals surface area contributed by atoms with Crippen LogP contribution in [0.5, 0.6) is 0 Å². The fourth-order valence-electron chi connectivity index (χ4n) is 4.73. The Balaban J connectivity index is 1.34. The molecule has 40 heavy (non-hydrogen) atoms. The first-order chi connectivity index (χ1) is 19.4. The molecule has 10 heteroatoms. The maximum absolute atomic E-state index is 13.2. The van der Waals surface area contributed by atoms with Gasteiger partial charge in [-0.2, -0.15) is 0 Å². The summed E-state index contributed by atoms with van der Waals surface area (Å²) >= 11 is 12.9. The topological polar surface area (TPSA) is 109 Å². The van der Waals surface area contributed by atoms with Crippen LogP contribution in [-0.4, -0.2) is 44.1 Å². The zero-order chi connectivity index (χ0) is 28.5. The van der Waals surface area contributed by atoms with Crippen molar-refractivity contribution < 1.29 is 19.1 Å². The molecule has 8 nitrogen and oxygen atoms in total. The van der Waals surface area contributed by atoms with Crippen LogP contribution >= 0.6 is 23.2 Å². The normalized spacial score (nSPS) is 14.5. The highest BCUT2D eigenvalue weighted by Crippen LogP contribution is 2.32. The van der Waals surface area contributed by atoms with Crippen molar-refractivity contribution in [2.24, 2.45) is 0 Å². The van der Waals surface area contributed by atoms with Crippen molar-refractivity contribution in [2.45, 2.75) is 37.8 Å². The molecule has 0 spiro atoms. The Morgan fingerprint density at radius 3 is 2.52 bits per heavy atom. The van der Waals surface area contributed by atoms with E-state index in [0.717, 1.165) is 31.2 Å². The summed E-state index contributed by atoms with van der Waals surface area (Å²) in [7, 11) is 1.21. The van der Waals surface area contributed by atoms with Gasteiger partial charge in [-0.3, -0.25) is 4.79 Å². The summed E-state index contributed by atoms with van der Waals surface area (Å²) in [6.45, 7) is 0.442. The minimum absolute atomic E-state index is 0.0253. The molecule has 1 unspecified atom stereocenters. The zero-order valence-corrected chi connectivity index (χ0v) is 23.6. The van der Waals surface area contributed by atoms with E-state index in [9.17, 15) is 14.4 Å². The van der Waals surface area contributed by atoms with Crippen LogP contribution in [-0.2, 0) is 22.4 Å². The second-order valence-corrected chi connectivity index (χ2v) is 10.3. The van der Waals surface area contributed by atoms with E-state index in [1.165, 1.54) is 18.2 Å². The van der Waals surface area contributed by atoms with Crippen LogP contribution in [0.3, 0.4) is 0 Å². The predicted molar refractivity (Wildman–Crippen MR) is 157 cm³/mol. The molecule has 4 rings (SSSR count). The Labute approximate surface area is 243 Å². The van der Waals surface area contributed by atoms with E-state index in [1.54, 1.807) is 12.1 Å². The van der Waals surface area contributed by atoms with E-state index in [4.69, 9.17) is 27.9 Å². The van der Waals surface area contributed by atoms with Gasteiger partial charge in [0.2, 0.25) is 0 Å². The lowest BCUT2D eigenvalue weighted by atomic mass is 10.1. The van der Waals surface area contributed by atoms with Crippen LogP contribution in [0.4, 0.5) is 10.5 Å². The number of aryl methyl sites for hydroxylation is 2. The number of methoxy groups -OCH3 is 1. The highest BCUT2D eigenvalue weighted by Gasteiger charge is 2.27. The maximum Gasteiger partial charge on any atom is 0.330 e. The first-order valence-electron chi connectivity index (χ1n) is 13.1. The molecule has 1 aliphatic carbocycles. The SMILES string of the molecule is COC(=O)C(CNC(=O)N[C@@H]1CCc2ccccc21)NC(=O)c1c(Cl)ccc(NCCCc2ccccc2)c1Cl. The second-order valence-electron chi connectivity index (χ2n) is 9.49. The van der Waals surface area contributed by atoms with Gasteiger partial charge in [0, 0.05) is 6.54 Å². The number of halogens is 2. The van der Waals surface area contributed by atoms with Crippen LogP contribution in [0.15, 0.2) is 66.7 Å². The summed E-state index contributed by atoms with van der Waals surface area (Å²) in [5, 5.41) is 11.7. The number of amides is 3. The monoisotopic (exact) mass is 582 g/mol. The fourth-order valence-corrected chi connectivity index (χ4v) is 5.34. The molecule has 0 fully saturated rings. The van der Waals surface area contributed by atoms with Gasteiger partial charge in [0.1, 0.15) is 6.04 Å². The number of carbonyl (C=O) groups excluding carboxylic acids is 3. The smallest absolute Gasteiger partial charge is 0.330 e. The summed E-state index contributed by atoms with van der Waals surface area (Å²) in [6, 6.07) is 19.6. The molecular formula is C30H32Cl2N4O4. The number of ether oxygens (including phenoxy) is 1. The Bertz CT molecular complexity index is 1350. The van der Waals surface area contributed by atoms with Gasteiger partial charge in [-0.05, 0) is 54.5 Å². The molecule has 3 aromatic rings. The third-order valence-corrected chi connectivity index (χ3v) is 7.52. The third kappa shape index (κ3) is 7.46. The van der Waals surface area contributed by atoms with Gasteiger partial charge in [0.25, 0.3) is 5.91 Å². The molecule has 0 heterocycles. The van der Waals surface area contributed by atoms with Gasteiger partial charge in [-0.1, -0.05) is 77.8 Å². The lowest BCUT2D eigenvalue weighted by Crippen LogP contribution is -2.51. The van der Waals surface area contributed by atoms with Crippen LogP contribution in [0.2, 0.25) is 10.0 Å². The fraction of sp³-hybridized carbons (Fsp3) is 0.300. The van der Waals surface area contributed by atoms with E-state index in [1.807, 2.05) is 42.5 Å². The molecule has 3 aromatic carbocycles. The van der Waals surface area contributed by atoms with Crippen molar-refractivity contribution in [2.75, 3.05) is 25.5 Å². The average molecular weight is 584 g/mol. The minimum atomic E-state index is -1.16. The minimum Gasteiger partial charge on any atom is -0.467 e. The summed E-state index contributed by atoms with van der Waals surface area (Å²) in [4.78, 5) is 38.3. The summed E-state index contributed by atoms with van der Waals surface area (Å²) < 4.78 is 4.84. The lowest BCUT2D eigenvalue weighted by Gasteiger charge is -2.20. The van der Waals surface area contributed by atoms with Crippen LogP contribution in [0.1, 0.15) is 45.9 Å². The molecule has 0 bridgehead atoms. The molecular weight excluding hydrogens is 551 g/mol. The van der Waals surface area contributed by atoms with E-state index >= 15 is 0 Å². The van der Waals surface area contributed by atoms with E-state index < -0.39 is 23.9 Å². The number of hydrogen-bond donors (Lipinski definition) is 4. The molecule has 0 saturated carbocycles. The van der Waals surface area contributed by atoms with Crippen molar-refractivity contribution in [1.82, 2.24) is 16.0 Å². The van der Waals surface area contributed by atoms with Crippen molar-refractivity contribution in [1.29, 1.82) is 0 Å². The molecule has 1 aliphatic rings. The van der Waals surface area contributed by atoms with Crippen LogP contribution < -0.4 is 21.3 Å². The molecule has 0 saturated heterocycles. The number of hydrogen-bond acceptors (Lipinski definition) is 5. The standard InChI is InChI=1S/C30H32Cl2N4O4/c1-40-29(38)25(18-34-30(39)36-23-15-13-20-11-5-6-12-21(20)23)35-28(37)26-22(31)14-16-24(27(26)32)33-17-7-10-19-8-3-2-4-9-19/h2-6,8-9,11-12,14,16,23,25,33H,7,10,13,15,17-18H2,1H3,(H,35,37)(H2,34,36,39)/t23-,25?/m1/s1. The van der Waals surface area contributed by atoms with Gasteiger partial charge in [0.15, 0.2) is 0 Å². The number of fused-ring (bicyclic) bond motifs is 1. The van der Waals surface area contributed by atoms with E-state index in [2.05, 4.69) is 33.4 Å². The number of carbonyl (C=O) groups is 3. The zero-order valence-electron chi connectivity index (χ0n) is 22.1. The summed E-state index contributed by atoms with van der Waals surface area (Å²) in [5.41, 5.74) is 4.09. The quantitative estimate of drug-likeness (QED) is 0.181. The second kappa shape index (κ2) is 14.1. The number of nitrogens with one attached hydrogen (secondary N) is 4. The van der Waals surface area contributed by atoms with Gasteiger partial charge in [-0.15, -0.1) is 0 Å². The number of esters is 1. The Kier molecular flexibility index (Phi) is 10.3. The summed E-state index contributed by atoms with van der Waals surface area (Å²) in [5.74, 6) is -1.38. The number of urea groups is 1. The molecule has 0 aliphatic heterocycles. The van der Waals surface area contributed by atoms with Gasteiger partial charge < -0.3 is 26.0 Å². The molecule has 210 valence electrons. The van der Waals surface area contributed by atoms with Crippen molar-refractivity contribution >= 4 is 46.8 Å². The molecule has 2 atom stereocenters. The van der Waals surface area contributed by atoms with Gasteiger partial charge >= 0.3 is 12.0 Å². The van der Waals surface area contributed by atoms with Crippen LogP contribution in [0.25, 0.3) is 0 Å². The summed E-state index contributed by atoms with van der Waals surface area (Å²) in [6.07, 6.45) is 3.41. The van der Waals surface area contributed by atoms with Crippen molar-refractivity contribution in [3.05, 3.63) is 99.0 Å². The Hall–Kier alpha value is -3.75. The Morgan fingerprint density at radius 1 is 1.00 bits per heavy atom. The van der Waals surface area contributed by atoms with Gasteiger partial charge in [-0.25, -0.2) is 9.59 Å². The Morgan fingerprint density at radius 2 is 1.75 bits per heavy atom. The highest BCUT2D eigenvalue weighted by atomic mass is 35.5. The molecule has 0 radical (unpaired) electrons. The largest absolute Gasteiger partial charge is 0.467 e. The number of rotatable bonds is 11. The first-order valence-corrected chi connectivity index (χ1v) is 13.9. The first kappa shape index (κ1) is 29.2. The predicted octanol–water partition coefficient (Wildman–Crippen LogP) is 5.30. The number of benzene rings is 3. The molecule has 4 N–H and O–H groups in total. The maximum atomic E-state index is 13.2. The molecule has 0 aromatic heterocycles. The van der Waals surface area contributed by atoms with Crippen LogP contribution in [0, 0.1) is 0 Å². The van der Waals surface area contributed by atoms with Crippen molar-refractivity contribution in [3.8, 4) is 0 Å². The lowest BCUT2D eigenvalue weighted by molar-refractivity contribution is -0.142. The molecule has 3 amide bonds. The van der Waals surface area contributed by atoms with Crippen molar-refractivity contribution in [3.63, 3.8) is 0 Å². The third-order valence-electron chi connectivity index (χ3n) is 6.81. The van der Waals surface area contributed by atoms with Gasteiger partial charge in [0.05, 0.1) is 41.0 Å². The average Bonchev–Trinajstić information content (AvgIpc) is 3.37. The number of anilines is 1. The highest BCUT2D eigenvalue weighted by molar-refractivity contribution is 6.41.